The summed E-state index contributed by atoms with van der Waals surface area (Å²) >= 11 is 8.87. The zero-order valence-electron chi connectivity index (χ0n) is 10.9. The number of fused-ring (bicyclic) bond motifs is 1. The molecule has 8 heteroatoms. The monoisotopic (exact) mass is 382 g/mol. The van der Waals surface area contributed by atoms with Gasteiger partial charge in [-0.15, -0.1) is 11.6 Å². The Balaban J connectivity index is 1.86. The number of sulfonamides is 1. The Bertz CT molecular complexity index is 604. The first-order valence-corrected chi connectivity index (χ1v) is 9.37. The van der Waals surface area contributed by atoms with Crippen molar-refractivity contribution in [3.63, 3.8) is 0 Å². The molecule has 0 aromatic carbocycles. The second-order valence-corrected chi connectivity index (χ2v) is 8.07. The number of piperazine rings is 1. The van der Waals surface area contributed by atoms with Crippen LogP contribution in [0.25, 0.3) is 0 Å². The molecule has 3 rings (SSSR count). The van der Waals surface area contributed by atoms with Gasteiger partial charge in [-0.1, -0.05) is 0 Å². The lowest BCUT2D eigenvalue weighted by molar-refractivity contribution is 0.158. The molecule has 2 fully saturated rings. The second kappa shape index (κ2) is 5.61. The number of furan rings is 1. The van der Waals surface area contributed by atoms with Gasteiger partial charge in [0.25, 0.3) is 0 Å². The van der Waals surface area contributed by atoms with Crippen molar-refractivity contribution in [2.45, 2.75) is 29.7 Å². The van der Waals surface area contributed by atoms with Gasteiger partial charge in [0, 0.05) is 31.7 Å². The Morgan fingerprint density at radius 3 is 2.90 bits per heavy atom. The molecule has 0 radical (unpaired) electrons. The molecule has 1 aromatic heterocycles. The van der Waals surface area contributed by atoms with Crippen LogP contribution in [0.4, 0.5) is 0 Å². The summed E-state index contributed by atoms with van der Waals surface area (Å²) in [7, 11) is -3.51. The predicted octanol–water partition coefficient (Wildman–Crippen LogP) is 2.25. The average molecular weight is 384 g/mol. The number of nitrogens with zero attached hydrogens (tertiary/aromatic N) is 2. The van der Waals surface area contributed by atoms with Crippen LogP contribution < -0.4 is 0 Å². The molecule has 1 unspecified atom stereocenters. The third-order valence-electron chi connectivity index (χ3n) is 4.01. The van der Waals surface area contributed by atoms with Crippen molar-refractivity contribution in [3.8, 4) is 0 Å². The fourth-order valence-corrected chi connectivity index (χ4v) is 5.52. The predicted molar refractivity (Wildman–Crippen MR) is 79.3 cm³/mol. The molecule has 2 saturated heterocycles. The molecule has 20 heavy (non-hydrogen) atoms. The molecule has 0 amide bonds. The summed E-state index contributed by atoms with van der Waals surface area (Å²) in [4.78, 5) is 2.56. The van der Waals surface area contributed by atoms with E-state index in [2.05, 4.69) is 20.8 Å². The highest BCUT2D eigenvalue weighted by Crippen LogP contribution is 2.31. The smallest absolute Gasteiger partial charge is 0.247 e. The zero-order chi connectivity index (χ0) is 14.3. The average Bonchev–Trinajstić information content (AvgIpc) is 3.03. The van der Waals surface area contributed by atoms with E-state index in [-0.39, 0.29) is 15.4 Å². The molecule has 0 spiro atoms. The fraction of sp³-hybridized carbons (Fsp3) is 0.667. The highest BCUT2D eigenvalue weighted by molar-refractivity contribution is 9.10. The van der Waals surface area contributed by atoms with Gasteiger partial charge < -0.3 is 4.42 Å². The summed E-state index contributed by atoms with van der Waals surface area (Å²) < 4.78 is 32.5. The highest BCUT2D eigenvalue weighted by Gasteiger charge is 2.37. The minimum absolute atomic E-state index is 0.157. The van der Waals surface area contributed by atoms with Crippen molar-refractivity contribution in [3.05, 3.63) is 16.5 Å². The normalized spacial score (nSPS) is 25.0. The second-order valence-electron chi connectivity index (χ2n) is 5.18. The van der Waals surface area contributed by atoms with Crippen molar-refractivity contribution < 1.29 is 12.8 Å². The Morgan fingerprint density at radius 2 is 2.20 bits per heavy atom. The van der Waals surface area contributed by atoms with E-state index in [1.807, 2.05) is 0 Å². The van der Waals surface area contributed by atoms with Crippen LogP contribution >= 0.6 is 27.5 Å². The van der Waals surface area contributed by atoms with Gasteiger partial charge in [-0.25, -0.2) is 8.42 Å². The fourth-order valence-electron chi connectivity index (χ4n) is 2.96. The molecule has 3 heterocycles. The van der Waals surface area contributed by atoms with Crippen molar-refractivity contribution in [1.82, 2.24) is 9.21 Å². The Kier molecular flexibility index (Phi) is 4.16. The molecule has 2 aliphatic rings. The Labute approximate surface area is 132 Å². The molecule has 0 saturated carbocycles. The van der Waals surface area contributed by atoms with Crippen LogP contribution in [0, 0.1) is 0 Å². The Morgan fingerprint density at radius 1 is 1.40 bits per heavy atom. The topological polar surface area (TPSA) is 53.8 Å². The number of halogens is 2. The molecular formula is C12H16BrClN2O3S. The third kappa shape index (κ3) is 2.54. The van der Waals surface area contributed by atoms with Crippen molar-refractivity contribution in [2.24, 2.45) is 0 Å². The van der Waals surface area contributed by atoms with Crippen molar-refractivity contribution in [2.75, 3.05) is 26.2 Å². The molecule has 0 bridgehead atoms. The lowest BCUT2D eigenvalue weighted by Crippen LogP contribution is -2.51. The number of hydrogen-bond acceptors (Lipinski definition) is 4. The van der Waals surface area contributed by atoms with Crippen LogP contribution in [0.15, 0.2) is 20.0 Å². The van der Waals surface area contributed by atoms with Gasteiger partial charge >= 0.3 is 0 Å². The molecule has 5 nitrogen and oxygen atoms in total. The lowest BCUT2D eigenvalue weighted by atomic mass is 10.2. The molecule has 0 N–H and O–H groups in total. The van der Waals surface area contributed by atoms with Crippen molar-refractivity contribution in [1.29, 1.82) is 0 Å². The SMILES string of the molecule is O=S(=O)(c1cc(CCl)oc1Br)N1CCN2CCCC2C1. The molecule has 112 valence electrons. The standard InChI is InChI=1S/C12H16BrClN2O3S/c13-12-11(6-10(7-14)19-12)20(17,18)16-5-4-15-3-1-2-9(15)8-16/h6,9H,1-5,7-8H2. The summed E-state index contributed by atoms with van der Waals surface area (Å²) in [6.07, 6.45) is 2.23. The summed E-state index contributed by atoms with van der Waals surface area (Å²) in [5.74, 6) is 0.612. The van der Waals surface area contributed by atoms with Crippen LogP contribution in [-0.2, 0) is 15.9 Å². The maximum atomic E-state index is 12.7. The number of rotatable bonds is 3. The van der Waals surface area contributed by atoms with E-state index >= 15 is 0 Å². The minimum Gasteiger partial charge on any atom is -0.452 e. The van der Waals surface area contributed by atoms with E-state index in [1.54, 1.807) is 4.31 Å². The maximum Gasteiger partial charge on any atom is 0.247 e. The summed E-state index contributed by atoms with van der Waals surface area (Å²) in [5, 5.41) is 0. The molecule has 1 atom stereocenters. The maximum absolute atomic E-state index is 12.7. The summed E-state index contributed by atoms with van der Waals surface area (Å²) in [5.41, 5.74) is 0. The molecule has 0 aliphatic carbocycles. The zero-order valence-corrected chi connectivity index (χ0v) is 14.0. The molecular weight excluding hydrogens is 368 g/mol. The number of hydrogen-bond donors (Lipinski definition) is 0. The van der Waals surface area contributed by atoms with Gasteiger partial charge in [0.1, 0.15) is 10.7 Å². The van der Waals surface area contributed by atoms with E-state index in [9.17, 15) is 8.42 Å². The van der Waals surface area contributed by atoms with Gasteiger partial charge in [0.05, 0.1) is 5.88 Å². The van der Waals surface area contributed by atoms with Gasteiger partial charge in [-0.05, 0) is 35.3 Å². The molecule has 1 aromatic rings. The van der Waals surface area contributed by atoms with E-state index in [0.717, 1.165) is 25.9 Å². The van der Waals surface area contributed by atoms with Gasteiger partial charge in [-0.2, -0.15) is 4.31 Å². The van der Waals surface area contributed by atoms with E-state index in [4.69, 9.17) is 16.0 Å². The van der Waals surface area contributed by atoms with E-state index < -0.39 is 10.0 Å². The number of alkyl halides is 1. The van der Waals surface area contributed by atoms with Gasteiger partial charge in [0.2, 0.25) is 10.0 Å². The van der Waals surface area contributed by atoms with E-state index in [0.29, 0.717) is 24.9 Å². The van der Waals surface area contributed by atoms with Gasteiger partial charge in [-0.3, -0.25) is 4.90 Å². The van der Waals surface area contributed by atoms with Crippen molar-refractivity contribution >= 4 is 37.6 Å². The Hall–Kier alpha value is -0.0800. The van der Waals surface area contributed by atoms with Crippen LogP contribution in [0.2, 0.25) is 0 Å². The first-order valence-electron chi connectivity index (χ1n) is 6.61. The van der Waals surface area contributed by atoms with Crippen LogP contribution in [0.1, 0.15) is 18.6 Å². The summed E-state index contributed by atoms with van der Waals surface area (Å²) in [6.45, 7) is 2.99. The van der Waals surface area contributed by atoms with Crippen LogP contribution in [0.3, 0.4) is 0 Å². The first kappa shape index (κ1) is 14.8. The largest absolute Gasteiger partial charge is 0.452 e. The highest BCUT2D eigenvalue weighted by atomic mass is 79.9. The van der Waals surface area contributed by atoms with Crippen LogP contribution in [0.5, 0.6) is 0 Å². The van der Waals surface area contributed by atoms with E-state index in [1.165, 1.54) is 6.07 Å². The summed E-state index contributed by atoms with van der Waals surface area (Å²) in [6, 6.07) is 1.87. The quantitative estimate of drug-likeness (QED) is 0.751. The first-order chi connectivity index (χ1) is 9.52. The minimum atomic E-state index is -3.51. The molecule has 2 aliphatic heterocycles. The van der Waals surface area contributed by atoms with Gasteiger partial charge in [0.15, 0.2) is 4.67 Å². The van der Waals surface area contributed by atoms with Crippen LogP contribution in [-0.4, -0.2) is 49.8 Å². The lowest BCUT2D eigenvalue weighted by Gasteiger charge is -2.36. The third-order valence-corrected chi connectivity index (χ3v) is 6.99.